The molecule has 1 nitrogen and oxygen atoms in total. The van der Waals surface area contributed by atoms with Crippen LogP contribution in [0.5, 0.6) is 0 Å². The summed E-state index contributed by atoms with van der Waals surface area (Å²) in [6.07, 6.45) is 1.38. The van der Waals surface area contributed by atoms with Crippen molar-refractivity contribution in [3.63, 3.8) is 0 Å². The van der Waals surface area contributed by atoms with Crippen LogP contribution in [-0.4, -0.2) is 5.11 Å². The first-order valence-corrected chi connectivity index (χ1v) is 6.48. The van der Waals surface area contributed by atoms with Crippen molar-refractivity contribution in [3.05, 3.63) is 71.3 Å². The van der Waals surface area contributed by atoms with E-state index in [1.54, 1.807) is 0 Å². The van der Waals surface area contributed by atoms with Crippen molar-refractivity contribution in [2.24, 2.45) is 0 Å². The highest BCUT2D eigenvalue weighted by molar-refractivity contribution is 5.31. The van der Waals surface area contributed by atoms with E-state index in [4.69, 9.17) is 0 Å². The highest BCUT2D eigenvalue weighted by Gasteiger charge is 2.27. The molecule has 0 saturated carbocycles. The van der Waals surface area contributed by atoms with Crippen molar-refractivity contribution < 1.29 is 5.11 Å². The van der Waals surface area contributed by atoms with Crippen molar-refractivity contribution in [1.29, 1.82) is 0 Å². The maximum Gasteiger partial charge on any atom is 0.0934 e. The van der Waals surface area contributed by atoms with Crippen LogP contribution in [0.15, 0.2) is 54.6 Å². The van der Waals surface area contributed by atoms with Crippen LogP contribution in [0.1, 0.15) is 30.0 Å². The number of benzene rings is 2. The van der Waals surface area contributed by atoms with Gasteiger partial charge in [0.15, 0.2) is 0 Å². The lowest BCUT2D eigenvalue weighted by Crippen LogP contribution is -2.27. The van der Waals surface area contributed by atoms with Gasteiger partial charge in [-0.05, 0) is 30.0 Å². The molecule has 18 heavy (non-hydrogen) atoms. The zero-order chi connectivity index (χ0) is 13.0. The molecule has 1 N–H and O–H groups in total. The van der Waals surface area contributed by atoms with E-state index in [1.807, 2.05) is 49.4 Å². The van der Waals surface area contributed by atoms with Gasteiger partial charge in [0.25, 0.3) is 0 Å². The van der Waals surface area contributed by atoms with E-state index in [0.29, 0.717) is 12.8 Å². The lowest BCUT2D eigenvalue weighted by atomic mass is 9.84. The third kappa shape index (κ3) is 2.62. The minimum Gasteiger partial charge on any atom is -0.385 e. The zero-order valence-electron chi connectivity index (χ0n) is 11.1. The van der Waals surface area contributed by atoms with Gasteiger partial charge in [0, 0.05) is 6.42 Å². The monoisotopic (exact) mass is 240 g/mol. The molecule has 0 aliphatic heterocycles. The number of aryl methyl sites for hydroxylation is 1. The molecule has 94 valence electrons. The molecular formula is C17H20O. The van der Waals surface area contributed by atoms with Gasteiger partial charge >= 0.3 is 0 Å². The van der Waals surface area contributed by atoms with E-state index in [-0.39, 0.29) is 0 Å². The summed E-state index contributed by atoms with van der Waals surface area (Å²) >= 11 is 0. The molecule has 0 spiro atoms. The second kappa shape index (κ2) is 5.36. The second-order valence-corrected chi connectivity index (χ2v) is 4.85. The Morgan fingerprint density at radius 2 is 1.56 bits per heavy atom. The van der Waals surface area contributed by atoms with Gasteiger partial charge in [-0.15, -0.1) is 0 Å². The number of rotatable bonds is 4. The van der Waals surface area contributed by atoms with Gasteiger partial charge in [0.05, 0.1) is 5.60 Å². The van der Waals surface area contributed by atoms with Crippen LogP contribution >= 0.6 is 0 Å². The average Bonchev–Trinajstić information content (AvgIpc) is 2.42. The van der Waals surface area contributed by atoms with Gasteiger partial charge < -0.3 is 5.11 Å². The number of aliphatic hydroxyl groups is 1. The summed E-state index contributed by atoms with van der Waals surface area (Å²) < 4.78 is 0. The molecule has 0 bridgehead atoms. The van der Waals surface area contributed by atoms with E-state index < -0.39 is 5.60 Å². The van der Waals surface area contributed by atoms with E-state index in [2.05, 4.69) is 19.1 Å². The maximum absolute atomic E-state index is 10.9. The van der Waals surface area contributed by atoms with E-state index >= 15 is 0 Å². The van der Waals surface area contributed by atoms with Crippen LogP contribution in [0.2, 0.25) is 0 Å². The summed E-state index contributed by atoms with van der Waals surface area (Å²) in [4.78, 5) is 0. The highest BCUT2D eigenvalue weighted by atomic mass is 16.3. The largest absolute Gasteiger partial charge is 0.385 e. The van der Waals surface area contributed by atoms with Gasteiger partial charge in [-0.1, -0.05) is 61.5 Å². The predicted octanol–water partition coefficient (Wildman–Crippen LogP) is 3.84. The van der Waals surface area contributed by atoms with Gasteiger partial charge in [-0.2, -0.15) is 0 Å². The molecule has 2 aromatic rings. The van der Waals surface area contributed by atoms with Crippen molar-refractivity contribution in [2.75, 3.05) is 0 Å². The Labute approximate surface area is 109 Å². The third-order valence-electron chi connectivity index (χ3n) is 3.64. The molecular weight excluding hydrogens is 220 g/mol. The van der Waals surface area contributed by atoms with Crippen LogP contribution in [0.4, 0.5) is 0 Å². The van der Waals surface area contributed by atoms with E-state index in [0.717, 1.165) is 5.56 Å². The van der Waals surface area contributed by atoms with Crippen LogP contribution in [0.3, 0.4) is 0 Å². The molecule has 0 saturated heterocycles. The summed E-state index contributed by atoms with van der Waals surface area (Å²) in [6.45, 7) is 4.13. The zero-order valence-corrected chi connectivity index (χ0v) is 11.1. The molecule has 0 radical (unpaired) electrons. The molecule has 2 aromatic carbocycles. The standard InChI is InChI=1S/C17H20O/c1-3-17(18,16-11-5-4-6-12-16)13-15-10-8-7-9-14(15)2/h4-12,18H,3,13H2,1-2H3. The van der Waals surface area contributed by atoms with Gasteiger partial charge in [0.2, 0.25) is 0 Å². The normalized spacial score (nSPS) is 14.2. The Kier molecular flexibility index (Phi) is 3.83. The van der Waals surface area contributed by atoms with Crippen LogP contribution in [-0.2, 0) is 12.0 Å². The fourth-order valence-electron chi connectivity index (χ4n) is 2.30. The fourth-order valence-corrected chi connectivity index (χ4v) is 2.30. The highest BCUT2D eigenvalue weighted by Crippen LogP contribution is 2.29. The molecule has 0 amide bonds. The topological polar surface area (TPSA) is 20.2 Å². The van der Waals surface area contributed by atoms with E-state index in [9.17, 15) is 5.11 Å². The Morgan fingerprint density at radius 1 is 0.944 bits per heavy atom. The first-order chi connectivity index (χ1) is 8.65. The van der Waals surface area contributed by atoms with Crippen LogP contribution in [0, 0.1) is 6.92 Å². The lowest BCUT2D eigenvalue weighted by Gasteiger charge is -2.28. The van der Waals surface area contributed by atoms with Gasteiger partial charge in [-0.3, -0.25) is 0 Å². The SMILES string of the molecule is CCC(O)(Cc1ccccc1C)c1ccccc1. The van der Waals surface area contributed by atoms with Gasteiger partial charge in [-0.25, -0.2) is 0 Å². The molecule has 2 rings (SSSR count). The number of hydrogen-bond acceptors (Lipinski definition) is 1. The average molecular weight is 240 g/mol. The minimum atomic E-state index is -0.770. The molecule has 0 aliphatic carbocycles. The quantitative estimate of drug-likeness (QED) is 0.861. The predicted molar refractivity (Wildman–Crippen MR) is 75.5 cm³/mol. The molecule has 0 aromatic heterocycles. The maximum atomic E-state index is 10.9. The summed E-state index contributed by atoms with van der Waals surface area (Å²) in [7, 11) is 0. The van der Waals surface area contributed by atoms with Crippen molar-refractivity contribution >= 4 is 0 Å². The summed E-state index contributed by atoms with van der Waals surface area (Å²) in [5.74, 6) is 0. The van der Waals surface area contributed by atoms with Crippen molar-refractivity contribution in [1.82, 2.24) is 0 Å². The minimum absolute atomic E-state index is 0.667. The van der Waals surface area contributed by atoms with Crippen molar-refractivity contribution in [3.8, 4) is 0 Å². The Balaban J connectivity index is 2.32. The number of hydrogen-bond donors (Lipinski definition) is 1. The van der Waals surface area contributed by atoms with E-state index in [1.165, 1.54) is 11.1 Å². The van der Waals surface area contributed by atoms with Crippen LogP contribution < -0.4 is 0 Å². The molecule has 0 fully saturated rings. The Bertz CT molecular complexity index is 504. The third-order valence-corrected chi connectivity index (χ3v) is 3.64. The fraction of sp³-hybridized carbons (Fsp3) is 0.294. The molecule has 1 unspecified atom stereocenters. The summed E-state index contributed by atoms with van der Waals surface area (Å²) in [5, 5.41) is 10.9. The van der Waals surface area contributed by atoms with Gasteiger partial charge in [0.1, 0.15) is 0 Å². The molecule has 0 aliphatic rings. The molecule has 0 heterocycles. The smallest absolute Gasteiger partial charge is 0.0934 e. The first kappa shape index (κ1) is 12.8. The van der Waals surface area contributed by atoms with Crippen molar-refractivity contribution in [2.45, 2.75) is 32.3 Å². The Morgan fingerprint density at radius 3 is 2.17 bits per heavy atom. The molecule has 1 atom stereocenters. The second-order valence-electron chi connectivity index (χ2n) is 4.85. The summed E-state index contributed by atoms with van der Waals surface area (Å²) in [5.41, 5.74) is 2.68. The molecule has 1 heteroatoms. The lowest BCUT2D eigenvalue weighted by molar-refractivity contribution is 0.0326. The Hall–Kier alpha value is -1.60. The first-order valence-electron chi connectivity index (χ1n) is 6.48. The van der Waals surface area contributed by atoms with Crippen LogP contribution in [0.25, 0.3) is 0 Å². The summed E-state index contributed by atoms with van der Waals surface area (Å²) in [6, 6.07) is 18.2.